The Labute approximate surface area is 85.0 Å². The van der Waals surface area contributed by atoms with E-state index in [1.54, 1.807) is 0 Å². The first-order valence-electron chi connectivity index (χ1n) is 3.96. The van der Waals surface area contributed by atoms with Gasteiger partial charge >= 0.3 is 0 Å². The Morgan fingerprint density at radius 3 is 2.92 bits per heavy atom. The van der Waals surface area contributed by atoms with Crippen LogP contribution in [0.5, 0.6) is 0 Å². The average Bonchev–Trinajstić information content (AvgIpc) is 2.44. The molecule has 68 valence electrons. The van der Waals surface area contributed by atoms with Gasteiger partial charge in [-0.05, 0) is 19.1 Å². The van der Waals surface area contributed by atoms with Gasteiger partial charge in [0.2, 0.25) is 0 Å². The molecule has 0 unspecified atom stereocenters. The first-order chi connectivity index (χ1) is 6.22. The molecule has 0 spiro atoms. The minimum atomic E-state index is -0.154. The van der Waals surface area contributed by atoms with Crippen molar-refractivity contribution in [2.24, 2.45) is 0 Å². The van der Waals surface area contributed by atoms with Crippen molar-refractivity contribution in [3.05, 3.63) is 34.5 Å². The van der Waals surface area contributed by atoms with Gasteiger partial charge in [-0.25, -0.2) is 4.39 Å². The second-order valence-corrected chi connectivity index (χ2v) is 4.38. The summed E-state index contributed by atoms with van der Waals surface area (Å²) < 4.78 is 14.5. The molecule has 2 aromatic rings. The smallest absolute Gasteiger partial charge is 0.146 e. The topological polar surface area (TPSA) is 0 Å². The summed E-state index contributed by atoms with van der Waals surface area (Å²) in [7, 11) is 0. The van der Waals surface area contributed by atoms with Crippen LogP contribution in [0.3, 0.4) is 0 Å². The second kappa shape index (κ2) is 3.28. The van der Waals surface area contributed by atoms with E-state index >= 15 is 0 Å². The molecular formula is C10H8ClFS. The molecule has 0 bridgehead atoms. The number of hydrogen-bond donors (Lipinski definition) is 0. The summed E-state index contributed by atoms with van der Waals surface area (Å²) in [5, 5.41) is 0.695. The summed E-state index contributed by atoms with van der Waals surface area (Å²) in [5.74, 6) is 0.100. The summed E-state index contributed by atoms with van der Waals surface area (Å²) in [4.78, 5) is 0.627. The summed E-state index contributed by atoms with van der Waals surface area (Å²) in [5.41, 5.74) is 1.07. The Balaban J connectivity index is 2.77. The lowest BCUT2D eigenvalue weighted by molar-refractivity contribution is 0.635. The highest BCUT2D eigenvalue weighted by molar-refractivity contribution is 7.19. The number of thiophene rings is 1. The van der Waals surface area contributed by atoms with E-state index in [4.69, 9.17) is 11.6 Å². The SMILES string of the molecule is Cc1ccc2sc(CCl)c(F)c2c1. The predicted octanol–water partition coefficient (Wildman–Crippen LogP) is 4.09. The van der Waals surface area contributed by atoms with Crippen LogP contribution in [0, 0.1) is 12.7 Å². The molecule has 3 heteroatoms. The van der Waals surface area contributed by atoms with Gasteiger partial charge in [0, 0.05) is 10.1 Å². The molecule has 0 aliphatic heterocycles. The molecule has 0 nitrogen and oxygen atoms in total. The van der Waals surface area contributed by atoms with E-state index in [1.165, 1.54) is 11.3 Å². The Morgan fingerprint density at radius 1 is 1.46 bits per heavy atom. The molecule has 0 atom stereocenters. The Morgan fingerprint density at radius 2 is 2.23 bits per heavy atom. The third-order valence-electron chi connectivity index (χ3n) is 1.97. The van der Waals surface area contributed by atoms with Crippen LogP contribution in [0.4, 0.5) is 4.39 Å². The zero-order valence-corrected chi connectivity index (χ0v) is 8.68. The highest BCUT2D eigenvalue weighted by Gasteiger charge is 2.10. The quantitative estimate of drug-likeness (QED) is 0.628. The standard InChI is InChI=1S/C10H8ClFS/c1-6-2-3-8-7(4-6)10(12)9(5-11)13-8/h2-4H,5H2,1H3. The number of halogens is 2. The van der Waals surface area contributed by atoms with Crippen LogP contribution in [-0.4, -0.2) is 0 Å². The monoisotopic (exact) mass is 214 g/mol. The lowest BCUT2D eigenvalue weighted by Crippen LogP contribution is -1.76. The molecule has 0 saturated carbocycles. The highest BCUT2D eigenvalue weighted by atomic mass is 35.5. The third kappa shape index (κ3) is 1.45. The van der Waals surface area contributed by atoms with Crippen molar-refractivity contribution in [1.82, 2.24) is 0 Å². The van der Waals surface area contributed by atoms with Crippen LogP contribution in [0.2, 0.25) is 0 Å². The van der Waals surface area contributed by atoms with E-state index < -0.39 is 0 Å². The second-order valence-electron chi connectivity index (χ2n) is 2.97. The van der Waals surface area contributed by atoms with Crippen molar-refractivity contribution in [2.75, 3.05) is 0 Å². The zero-order chi connectivity index (χ0) is 9.42. The summed E-state index contributed by atoms with van der Waals surface area (Å²) in [6.45, 7) is 1.96. The first-order valence-corrected chi connectivity index (χ1v) is 5.31. The number of hydrogen-bond acceptors (Lipinski definition) is 1. The van der Waals surface area contributed by atoms with Crippen molar-refractivity contribution in [3.63, 3.8) is 0 Å². The van der Waals surface area contributed by atoms with Crippen molar-refractivity contribution in [2.45, 2.75) is 12.8 Å². The largest absolute Gasteiger partial charge is 0.205 e. The van der Waals surface area contributed by atoms with E-state index in [2.05, 4.69) is 0 Å². The van der Waals surface area contributed by atoms with Gasteiger partial charge in [-0.1, -0.05) is 11.6 Å². The fourth-order valence-corrected chi connectivity index (χ4v) is 2.51. The molecule has 0 N–H and O–H groups in total. The van der Waals surface area contributed by atoms with Crippen LogP contribution in [-0.2, 0) is 5.88 Å². The van der Waals surface area contributed by atoms with Gasteiger partial charge in [0.25, 0.3) is 0 Å². The van der Waals surface area contributed by atoms with Crippen molar-refractivity contribution in [3.8, 4) is 0 Å². The van der Waals surface area contributed by atoms with Crippen molar-refractivity contribution >= 4 is 33.0 Å². The molecule has 1 aromatic carbocycles. The number of alkyl halides is 1. The maximum atomic E-state index is 13.5. The molecule has 0 aliphatic carbocycles. The molecule has 1 heterocycles. The maximum absolute atomic E-state index is 13.5. The fourth-order valence-electron chi connectivity index (χ4n) is 1.32. The van der Waals surface area contributed by atoms with Crippen molar-refractivity contribution in [1.29, 1.82) is 0 Å². The van der Waals surface area contributed by atoms with Gasteiger partial charge in [-0.3, -0.25) is 0 Å². The lowest BCUT2D eigenvalue weighted by Gasteiger charge is -1.91. The van der Waals surface area contributed by atoms with Crippen LogP contribution < -0.4 is 0 Å². The minimum absolute atomic E-state index is 0.154. The van der Waals surface area contributed by atoms with E-state index in [1.807, 2.05) is 25.1 Å². The number of fused-ring (bicyclic) bond motifs is 1. The first kappa shape index (κ1) is 8.97. The van der Waals surface area contributed by atoms with Crippen LogP contribution >= 0.6 is 22.9 Å². The molecule has 13 heavy (non-hydrogen) atoms. The van der Waals surface area contributed by atoms with Gasteiger partial charge in [-0.15, -0.1) is 22.9 Å². The molecule has 0 aliphatic rings. The van der Waals surface area contributed by atoms with Gasteiger partial charge in [0.1, 0.15) is 5.82 Å². The highest BCUT2D eigenvalue weighted by Crippen LogP contribution is 2.31. The van der Waals surface area contributed by atoms with Crippen LogP contribution in [0.15, 0.2) is 18.2 Å². The average molecular weight is 215 g/mol. The number of benzene rings is 1. The Kier molecular flexibility index (Phi) is 2.26. The Hall–Kier alpha value is -0.600. The minimum Gasteiger partial charge on any atom is -0.205 e. The number of rotatable bonds is 1. The third-order valence-corrected chi connectivity index (χ3v) is 3.54. The zero-order valence-electron chi connectivity index (χ0n) is 7.10. The van der Waals surface area contributed by atoms with E-state index in [0.717, 1.165) is 10.3 Å². The van der Waals surface area contributed by atoms with Gasteiger partial charge in [-0.2, -0.15) is 0 Å². The van der Waals surface area contributed by atoms with Gasteiger partial charge in [0.15, 0.2) is 0 Å². The van der Waals surface area contributed by atoms with Crippen LogP contribution in [0.1, 0.15) is 10.4 Å². The molecule has 1 aromatic heterocycles. The Bertz CT molecular complexity index is 447. The van der Waals surface area contributed by atoms with Crippen molar-refractivity contribution < 1.29 is 4.39 Å². The molecule has 2 rings (SSSR count). The normalized spacial score (nSPS) is 11.0. The predicted molar refractivity (Wildman–Crippen MR) is 56.1 cm³/mol. The van der Waals surface area contributed by atoms with Gasteiger partial charge < -0.3 is 0 Å². The maximum Gasteiger partial charge on any atom is 0.146 e. The van der Waals surface area contributed by atoms with E-state index in [0.29, 0.717) is 10.3 Å². The molecule has 0 fully saturated rings. The molecule has 0 amide bonds. The molecular weight excluding hydrogens is 207 g/mol. The lowest BCUT2D eigenvalue weighted by atomic mass is 10.2. The van der Waals surface area contributed by atoms with E-state index in [-0.39, 0.29) is 11.7 Å². The molecule has 0 saturated heterocycles. The fraction of sp³-hybridized carbons (Fsp3) is 0.200. The summed E-state index contributed by atoms with van der Waals surface area (Å²) in [6, 6.07) is 5.78. The van der Waals surface area contributed by atoms with Crippen LogP contribution in [0.25, 0.3) is 10.1 Å². The summed E-state index contributed by atoms with van der Waals surface area (Å²) >= 11 is 7.04. The summed E-state index contributed by atoms with van der Waals surface area (Å²) in [6.07, 6.45) is 0. The van der Waals surface area contributed by atoms with E-state index in [9.17, 15) is 4.39 Å². The van der Waals surface area contributed by atoms with Gasteiger partial charge in [0.05, 0.1) is 10.8 Å². The number of aryl methyl sites for hydroxylation is 1. The molecule has 0 radical (unpaired) electrons.